The molecule has 5 heteroatoms. The Balaban J connectivity index is 1.56. The maximum atomic E-state index is 12.6. The second-order valence-corrected chi connectivity index (χ2v) is 9.11. The molecule has 3 aliphatic rings. The van der Waals surface area contributed by atoms with Crippen molar-refractivity contribution in [2.75, 3.05) is 5.75 Å². The van der Waals surface area contributed by atoms with Gasteiger partial charge in [-0.05, 0) is 50.4 Å². The van der Waals surface area contributed by atoms with E-state index in [0.717, 1.165) is 37.9 Å². The number of hydrogen-bond acceptors (Lipinski definition) is 3. The molecule has 0 spiro atoms. The zero-order valence-corrected chi connectivity index (χ0v) is 13.7. The minimum absolute atomic E-state index is 0.0285. The Kier molecular flexibility index (Phi) is 4.69. The third-order valence-electron chi connectivity index (χ3n) is 5.91. The predicted octanol–water partition coefficient (Wildman–Crippen LogP) is 1.56. The van der Waals surface area contributed by atoms with Gasteiger partial charge in [-0.15, -0.1) is 0 Å². The van der Waals surface area contributed by atoms with Gasteiger partial charge >= 0.3 is 0 Å². The molecule has 0 aromatic carbocycles. The molecular weight excluding hydrogens is 284 g/mol. The first-order valence-corrected chi connectivity index (χ1v) is 9.91. The van der Waals surface area contributed by atoms with Crippen LogP contribution in [0, 0.1) is 17.8 Å². The van der Waals surface area contributed by atoms with Crippen molar-refractivity contribution in [1.82, 2.24) is 5.32 Å². The van der Waals surface area contributed by atoms with Gasteiger partial charge in [-0.3, -0.25) is 9.00 Å². The van der Waals surface area contributed by atoms with Gasteiger partial charge in [0.2, 0.25) is 5.91 Å². The Labute approximate surface area is 130 Å². The van der Waals surface area contributed by atoms with Crippen LogP contribution in [-0.4, -0.2) is 33.2 Å². The van der Waals surface area contributed by atoms with Crippen LogP contribution >= 0.6 is 0 Å². The molecule has 3 aliphatic carbocycles. The van der Waals surface area contributed by atoms with E-state index in [1.54, 1.807) is 0 Å². The number of nitrogens with one attached hydrogen (secondary N) is 1. The highest BCUT2D eigenvalue weighted by molar-refractivity contribution is 7.85. The van der Waals surface area contributed by atoms with Crippen LogP contribution in [-0.2, 0) is 15.6 Å². The smallest absolute Gasteiger partial charge is 0.225 e. The predicted molar refractivity (Wildman–Crippen MR) is 85.2 cm³/mol. The van der Waals surface area contributed by atoms with E-state index in [0.29, 0.717) is 11.8 Å². The minimum Gasteiger partial charge on any atom is -0.353 e. The standard InChI is InChI=1S/C16H28N2O2S/c1-2-21(20)13-5-3-4-12(9-13)18-16(19)14-10-6-7-11(8-10)15(14)17/h10-15H,2-9,17H2,1H3,(H,18,19). The monoisotopic (exact) mass is 312 g/mol. The maximum Gasteiger partial charge on any atom is 0.225 e. The minimum atomic E-state index is -0.735. The topological polar surface area (TPSA) is 72.2 Å². The molecule has 1 amide bonds. The SMILES string of the molecule is CCS(=O)C1CCCC(NC(=O)C2C3CCC(C3)C2N)C1. The van der Waals surface area contributed by atoms with Crippen molar-refractivity contribution in [2.45, 2.75) is 69.2 Å². The molecule has 0 radical (unpaired) electrons. The summed E-state index contributed by atoms with van der Waals surface area (Å²) < 4.78 is 12.0. The lowest BCUT2D eigenvalue weighted by Crippen LogP contribution is -2.49. The lowest BCUT2D eigenvalue weighted by Gasteiger charge is -2.32. The number of hydrogen-bond donors (Lipinski definition) is 2. The molecule has 3 rings (SSSR count). The lowest BCUT2D eigenvalue weighted by molar-refractivity contribution is -0.128. The quantitative estimate of drug-likeness (QED) is 0.827. The van der Waals surface area contributed by atoms with Gasteiger partial charge in [0.05, 0.1) is 5.92 Å². The van der Waals surface area contributed by atoms with Crippen LogP contribution in [0.1, 0.15) is 51.9 Å². The Bertz CT molecular complexity index is 427. The Hall–Kier alpha value is -0.420. The van der Waals surface area contributed by atoms with Crippen LogP contribution in [0.5, 0.6) is 0 Å². The second-order valence-electron chi connectivity index (χ2n) is 7.10. The van der Waals surface area contributed by atoms with Crippen molar-refractivity contribution in [3.8, 4) is 0 Å². The first kappa shape index (κ1) is 15.5. The number of carbonyl (C=O) groups is 1. The van der Waals surface area contributed by atoms with E-state index in [1.165, 1.54) is 12.8 Å². The molecule has 21 heavy (non-hydrogen) atoms. The molecule has 7 unspecified atom stereocenters. The molecule has 3 N–H and O–H groups in total. The summed E-state index contributed by atoms with van der Waals surface area (Å²) in [5.74, 6) is 2.00. The maximum absolute atomic E-state index is 12.6. The van der Waals surface area contributed by atoms with Crippen molar-refractivity contribution in [2.24, 2.45) is 23.5 Å². The van der Waals surface area contributed by atoms with Crippen molar-refractivity contribution >= 4 is 16.7 Å². The van der Waals surface area contributed by atoms with E-state index in [2.05, 4.69) is 5.32 Å². The number of amides is 1. The van der Waals surface area contributed by atoms with Crippen LogP contribution in [0.4, 0.5) is 0 Å². The fraction of sp³-hybridized carbons (Fsp3) is 0.938. The average Bonchev–Trinajstić information content (AvgIpc) is 3.07. The summed E-state index contributed by atoms with van der Waals surface area (Å²) in [6.07, 6.45) is 7.54. The average molecular weight is 312 g/mol. The van der Waals surface area contributed by atoms with E-state index >= 15 is 0 Å². The molecule has 3 fully saturated rings. The van der Waals surface area contributed by atoms with E-state index in [4.69, 9.17) is 5.73 Å². The Morgan fingerprint density at radius 1 is 1.19 bits per heavy atom. The van der Waals surface area contributed by atoms with E-state index in [-0.39, 0.29) is 29.2 Å². The summed E-state index contributed by atoms with van der Waals surface area (Å²) in [4.78, 5) is 12.6. The molecule has 120 valence electrons. The summed E-state index contributed by atoms with van der Waals surface area (Å²) in [7, 11) is -0.735. The zero-order chi connectivity index (χ0) is 15.0. The van der Waals surface area contributed by atoms with Gasteiger partial charge in [0.25, 0.3) is 0 Å². The van der Waals surface area contributed by atoms with Crippen molar-refractivity contribution in [1.29, 1.82) is 0 Å². The molecule has 7 atom stereocenters. The van der Waals surface area contributed by atoms with Crippen molar-refractivity contribution in [3.05, 3.63) is 0 Å². The summed E-state index contributed by atoms with van der Waals surface area (Å²) >= 11 is 0. The molecule has 0 aliphatic heterocycles. The van der Waals surface area contributed by atoms with Crippen molar-refractivity contribution < 1.29 is 9.00 Å². The Morgan fingerprint density at radius 2 is 1.95 bits per heavy atom. The molecule has 0 saturated heterocycles. The summed E-state index contributed by atoms with van der Waals surface area (Å²) in [6, 6.07) is 0.269. The normalized spacial score (nSPS) is 43.7. The van der Waals surface area contributed by atoms with Crippen molar-refractivity contribution in [3.63, 3.8) is 0 Å². The first-order valence-electron chi connectivity index (χ1n) is 8.53. The van der Waals surface area contributed by atoms with Gasteiger partial charge < -0.3 is 11.1 Å². The summed E-state index contributed by atoms with van der Waals surface area (Å²) in [5, 5.41) is 3.50. The van der Waals surface area contributed by atoms with Gasteiger partial charge in [0, 0.05) is 33.9 Å². The highest BCUT2D eigenvalue weighted by Crippen LogP contribution is 2.47. The number of fused-ring (bicyclic) bond motifs is 2. The molecule has 0 aromatic heterocycles. The fourth-order valence-electron chi connectivity index (χ4n) is 4.77. The van der Waals surface area contributed by atoms with Crippen LogP contribution in [0.25, 0.3) is 0 Å². The molecular formula is C16H28N2O2S. The highest BCUT2D eigenvalue weighted by atomic mass is 32.2. The van der Waals surface area contributed by atoms with Crippen LogP contribution in [0.3, 0.4) is 0 Å². The fourth-order valence-corrected chi connectivity index (χ4v) is 6.12. The molecule has 0 heterocycles. The molecule has 4 nitrogen and oxygen atoms in total. The molecule has 0 aromatic rings. The second kappa shape index (κ2) is 6.37. The first-order chi connectivity index (χ1) is 10.1. The third kappa shape index (κ3) is 3.04. The van der Waals surface area contributed by atoms with Gasteiger partial charge in [-0.1, -0.05) is 13.3 Å². The summed E-state index contributed by atoms with van der Waals surface area (Å²) in [6.45, 7) is 1.98. The molecule has 2 bridgehead atoms. The highest BCUT2D eigenvalue weighted by Gasteiger charge is 2.49. The number of rotatable bonds is 4. The third-order valence-corrected chi connectivity index (χ3v) is 7.65. The largest absolute Gasteiger partial charge is 0.353 e. The van der Waals surface area contributed by atoms with E-state index in [9.17, 15) is 9.00 Å². The van der Waals surface area contributed by atoms with Gasteiger partial charge in [-0.2, -0.15) is 0 Å². The van der Waals surface area contributed by atoms with E-state index < -0.39 is 10.8 Å². The summed E-state index contributed by atoms with van der Waals surface area (Å²) in [5.41, 5.74) is 6.26. The number of carbonyl (C=O) groups excluding carboxylic acids is 1. The van der Waals surface area contributed by atoms with Crippen LogP contribution in [0.2, 0.25) is 0 Å². The van der Waals surface area contributed by atoms with E-state index in [1.807, 2.05) is 6.92 Å². The van der Waals surface area contributed by atoms with Gasteiger partial charge in [0.1, 0.15) is 0 Å². The molecule has 3 saturated carbocycles. The lowest BCUT2D eigenvalue weighted by atomic mass is 9.83. The van der Waals surface area contributed by atoms with Crippen LogP contribution < -0.4 is 11.1 Å². The van der Waals surface area contributed by atoms with Crippen LogP contribution in [0.15, 0.2) is 0 Å². The van der Waals surface area contributed by atoms with Gasteiger partial charge in [0.15, 0.2) is 0 Å². The zero-order valence-electron chi connectivity index (χ0n) is 12.9. The van der Waals surface area contributed by atoms with Gasteiger partial charge in [-0.25, -0.2) is 0 Å². The Morgan fingerprint density at radius 3 is 2.62 bits per heavy atom. The number of nitrogens with two attached hydrogens (primary N) is 1.